The maximum absolute atomic E-state index is 13.0. The first-order valence-electron chi connectivity index (χ1n) is 6.54. The highest BCUT2D eigenvalue weighted by Gasteiger charge is 2.32. The van der Waals surface area contributed by atoms with Gasteiger partial charge in [0.1, 0.15) is 5.78 Å². The lowest BCUT2D eigenvalue weighted by atomic mass is 10.1. The van der Waals surface area contributed by atoms with E-state index in [4.69, 9.17) is 9.79 Å². The van der Waals surface area contributed by atoms with Gasteiger partial charge in [-0.3, -0.25) is 19.5 Å². The molecule has 0 fully saturated rings. The number of hydrogen-bond acceptors (Lipinski definition) is 4. The van der Waals surface area contributed by atoms with Crippen molar-refractivity contribution in [2.45, 2.75) is 25.4 Å². The Morgan fingerprint density at radius 2 is 1.79 bits per heavy atom. The van der Waals surface area contributed by atoms with Crippen LogP contribution in [0.25, 0.3) is 11.0 Å². The summed E-state index contributed by atoms with van der Waals surface area (Å²) >= 11 is 0. The predicted octanol–water partition coefficient (Wildman–Crippen LogP) is 0.848. The van der Waals surface area contributed by atoms with Crippen molar-refractivity contribution in [3.63, 3.8) is 0 Å². The van der Waals surface area contributed by atoms with Gasteiger partial charge >= 0.3 is 24.9 Å². The van der Waals surface area contributed by atoms with E-state index in [1.54, 1.807) is 0 Å². The Bertz CT molecular complexity index is 930. The molecule has 1 aromatic heterocycles. The highest BCUT2D eigenvalue weighted by atomic mass is 31.2. The van der Waals surface area contributed by atoms with Crippen LogP contribution in [0.15, 0.2) is 21.7 Å². The second-order valence-corrected chi connectivity index (χ2v) is 7.06. The Kier molecular flexibility index (Phi) is 4.73. The highest BCUT2D eigenvalue weighted by Crippen LogP contribution is 2.39. The monoisotopic (exact) mass is 367 g/mol. The van der Waals surface area contributed by atoms with Crippen molar-refractivity contribution in [3.05, 3.63) is 44.0 Å². The topological polar surface area (TPSA) is 135 Å². The van der Waals surface area contributed by atoms with E-state index >= 15 is 0 Å². The van der Waals surface area contributed by atoms with Crippen molar-refractivity contribution in [1.29, 1.82) is 0 Å². The first-order chi connectivity index (χ1) is 10.9. The molecule has 2 rings (SSSR count). The van der Waals surface area contributed by atoms with Gasteiger partial charge in [0.05, 0.1) is 16.6 Å². The third-order valence-corrected chi connectivity index (χ3v) is 4.52. The molecule has 0 aliphatic rings. The first-order valence-corrected chi connectivity index (χ1v) is 8.23. The van der Waals surface area contributed by atoms with Gasteiger partial charge in [-0.1, -0.05) is 0 Å². The van der Waals surface area contributed by atoms with E-state index in [-0.39, 0.29) is 23.1 Å². The molecule has 0 aliphatic heterocycles. The van der Waals surface area contributed by atoms with Crippen LogP contribution in [0.3, 0.4) is 0 Å². The Morgan fingerprint density at radius 1 is 1.21 bits per heavy atom. The third-order valence-electron chi connectivity index (χ3n) is 3.33. The van der Waals surface area contributed by atoms with Crippen LogP contribution in [0.4, 0.5) is 13.2 Å². The van der Waals surface area contributed by atoms with Gasteiger partial charge in [0.2, 0.25) is 0 Å². The van der Waals surface area contributed by atoms with Crippen LogP contribution in [-0.4, -0.2) is 25.5 Å². The number of aromatic nitrogens is 2. The fourth-order valence-electron chi connectivity index (χ4n) is 1.98. The van der Waals surface area contributed by atoms with Gasteiger partial charge in [-0.05, 0) is 24.6 Å². The molecule has 2 aromatic rings. The lowest BCUT2D eigenvalue weighted by Gasteiger charge is -2.17. The van der Waals surface area contributed by atoms with Crippen LogP contribution in [-0.2, 0) is 17.3 Å². The zero-order valence-corrected chi connectivity index (χ0v) is 13.0. The molecule has 5 N–H and O–H groups in total. The number of halogens is 3. The molecule has 0 radical (unpaired) electrons. The molecule has 1 atom stereocenters. The summed E-state index contributed by atoms with van der Waals surface area (Å²) in [6.07, 6.45) is -4.70. The quantitative estimate of drug-likeness (QED) is 0.402. The number of alkyl halides is 3. The zero-order valence-electron chi connectivity index (χ0n) is 12.1. The van der Waals surface area contributed by atoms with Crippen molar-refractivity contribution in [2.75, 3.05) is 0 Å². The molecule has 0 saturated heterocycles. The van der Waals surface area contributed by atoms with Crippen LogP contribution < -0.4 is 16.4 Å². The Labute approximate surface area is 131 Å². The summed E-state index contributed by atoms with van der Waals surface area (Å²) < 4.78 is 50.0. The Morgan fingerprint density at radius 3 is 2.33 bits per heavy atom. The van der Waals surface area contributed by atoms with Crippen LogP contribution in [0.5, 0.6) is 0 Å². The smallest absolute Gasteiger partial charge is 0.323 e. The number of nitrogens with one attached hydrogen (secondary N) is 3. The predicted molar refractivity (Wildman–Crippen MR) is 78.5 cm³/mol. The van der Waals surface area contributed by atoms with E-state index in [2.05, 4.69) is 10.3 Å². The summed E-state index contributed by atoms with van der Waals surface area (Å²) in [6, 6.07) is 1.40. The van der Waals surface area contributed by atoms with Crippen LogP contribution in [0.1, 0.15) is 18.1 Å². The molecule has 0 saturated carbocycles. The number of H-pyrrole nitrogens is 2. The molecular formula is C12H13F3N3O5P. The SMILES string of the molecule is CC(NCc1cc(C(F)(F)F)cc2[nH]c(=O)c(=O)[nH]c12)P(=O)(O)O. The number of fused-ring (bicyclic) bond motifs is 1. The van der Waals surface area contributed by atoms with Crippen LogP contribution in [0.2, 0.25) is 0 Å². The van der Waals surface area contributed by atoms with Crippen LogP contribution in [0, 0.1) is 0 Å². The van der Waals surface area contributed by atoms with Gasteiger partial charge in [0.15, 0.2) is 0 Å². The van der Waals surface area contributed by atoms with E-state index in [1.165, 1.54) is 6.92 Å². The fourth-order valence-corrected chi connectivity index (χ4v) is 2.31. The molecule has 1 aromatic carbocycles. The lowest BCUT2D eigenvalue weighted by molar-refractivity contribution is -0.137. The number of aromatic amines is 2. The van der Waals surface area contributed by atoms with Gasteiger partial charge in [-0.25, -0.2) is 0 Å². The molecule has 0 aliphatic carbocycles. The molecule has 24 heavy (non-hydrogen) atoms. The van der Waals surface area contributed by atoms with Gasteiger partial charge in [0.25, 0.3) is 0 Å². The maximum atomic E-state index is 13.0. The van der Waals surface area contributed by atoms with E-state index in [0.29, 0.717) is 6.07 Å². The van der Waals surface area contributed by atoms with Crippen molar-refractivity contribution in [3.8, 4) is 0 Å². The average molecular weight is 367 g/mol. The minimum absolute atomic E-state index is 0.0574. The summed E-state index contributed by atoms with van der Waals surface area (Å²) in [6.45, 7) is 0.801. The third kappa shape index (κ3) is 3.93. The summed E-state index contributed by atoms with van der Waals surface area (Å²) in [4.78, 5) is 44.9. The van der Waals surface area contributed by atoms with E-state index in [1.807, 2.05) is 4.98 Å². The Hall–Kier alpha value is -1.94. The molecule has 12 heteroatoms. The zero-order chi connectivity index (χ0) is 18.3. The summed E-state index contributed by atoms with van der Waals surface area (Å²) in [5.74, 6) is -1.31. The number of hydrogen-bond donors (Lipinski definition) is 5. The Balaban J connectivity index is 2.57. The normalized spacial score (nSPS) is 14.1. The van der Waals surface area contributed by atoms with E-state index < -0.39 is 36.2 Å². The molecule has 1 heterocycles. The van der Waals surface area contributed by atoms with E-state index in [9.17, 15) is 27.3 Å². The highest BCUT2D eigenvalue weighted by molar-refractivity contribution is 7.52. The standard InChI is InChI=1S/C12H13F3N3O5P/c1-5(24(21,22)23)16-4-6-2-7(12(13,14)15)3-8-9(6)18-11(20)10(19)17-8/h2-3,5,16H,4H2,1H3,(H,17,19)(H,18,20)(H2,21,22,23). The second-order valence-electron chi connectivity index (χ2n) is 5.11. The van der Waals surface area contributed by atoms with Crippen LogP contribution >= 0.6 is 7.60 Å². The van der Waals surface area contributed by atoms with E-state index in [0.717, 1.165) is 6.07 Å². The molecular weight excluding hydrogens is 354 g/mol. The van der Waals surface area contributed by atoms with Crippen molar-refractivity contribution >= 4 is 18.6 Å². The number of rotatable bonds is 4. The van der Waals surface area contributed by atoms with Crippen molar-refractivity contribution in [1.82, 2.24) is 15.3 Å². The molecule has 8 nitrogen and oxygen atoms in total. The number of benzene rings is 1. The van der Waals surface area contributed by atoms with Gasteiger partial charge < -0.3 is 19.8 Å². The average Bonchev–Trinajstić information content (AvgIpc) is 2.43. The maximum Gasteiger partial charge on any atom is 0.416 e. The van der Waals surface area contributed by atoms with Crippen molar-refractivity contribution < 1.29 is 27.5 Å². The minimum atomic E-state index is -4.70. The molecule has 1 unspecified atom stereocenters. The summed E-state index contributed by atoms with van der Waals surface area (Å²) in [5, 5.41) is 2.40. The summed E-state index contributed by atoms with van der Waals surface area (Å²) in [7, 11) is -4.48. The first kappa shape index (κ1) is 18.4. The largest absolute Gasteiger partial charge is 0.416 e. The summed E-state index contributed by atoms with van der Waals surface area (Å²) in [5.41, 5.74) is -3.60. The molecule has 132 valence electrons. The van der Waals surface area contributed by atoms with Gasteiger partial charge in [-0.2, -0.15) is 13.2 Å². The molecule has 0 amide bonds. The molecule has 0 bridgehead atoms. The minimum Gasteiger partial charge on any atom is -0.323 e. The van der Waals surface area contributed by atoms with Crippen molar-refractivity contribution in [2.24, 2.45) is 0 Å². The van der Waals surface area contributed by atoms with Gasteiger partial charge in [-0.15, -0.1) is 0 Å². The van der Waals surface area contributed by atoms with Gasteiger partial charge in [0, 0.05) is 6.54 Å². The lowest BCUT2D eigenvalue weighted by Crippen LogP contribution is -2.30. The second kappa shape index (κ2) is 6.17. The molecule has 0 spiro atoms. The fraction of sp³-hybridized carbons (Fsp3) is 0.333.